The van der Waals surface area contributed by atoms with Gasteiger partial charge in [-0.3, -0.25) is 4.68 Å². The molecule has 1 heterocycles. The molecule has 0 saturated heterocycles. The molecule has 4 heteroatoms. The summed E-state index contributed by atoms with van der Waals surface area (Å²) >= 11 is 0. The first-order chi connectivity index (χ1) is 12.7. The Morgan fingerprint density at radius 1 is 1.12 bits per heavy atom. The van der Waals surface area contributed by atoms with Gasteiger partial charge in [0.2, 0.25) is 0 Å². The van der Waals surface area contributed by atoms with Gasteiger partial charge in [-0.25, -0.2) is 0 Å². The van der Waals surface area contributed by atoms with E-state index in [0.717, 1.165) is 22.5 Å². The van der Waals surface area contributed by atoms with E-state index in [2.05, 4.69) is 30.3 Å². The van der Waals surface area contributed by atoms with Crippen LogP contribution in [0.1, 0.15) is 34.0 Å². The van der Waals surface area contributed by atoms with Crippen molar-refractivity contribution < 1.29 is 0 Å². The zero-order valence-electron chi connectivity index (χ0n) is 14.7. The molecule has 1 unspecified atom stereocenters. The predicted molar refractivity (Wildman–Crippen MR) is 101 cm³/mol. The van der Waals surface area contributed by atoms with E-state index in [0.29, 0.717) is 24.2 Å². The third-order valence-electron chi connectivity index (χ3n) is 4.99. The number of aryl methyl sites for hydroxylation is 1. The molecule has 2 N–H and O–H groups in total. The molecule has 2 aromatic carbocycles. The second-order valence-electron chi connectivity index (χ2n) is 6.66. The van der Waals surface area contributed by atoms with Crippen molar-refractivity contribution >= 4 is 0 Å². The quantitative estimate of drug-likeness (QED) is 0.791. The van der Waals surface area contributed by atoms with Crippen molar-refractivity contribution in [3.8, 4) is 6.07 Å². The molecule has 0 bridgehead atoms. The van der Waals surface area contributed by atoms with Crippen LogP contribution < -0.4 is 5.73 Å². The van der Waals surface area contributed by atoms with E-state index in [4.69, 9.17) is 10.8 Å². The fourth-order valence-electron chi connectivity index (χ4n) is 3.81. The molecular weight excluding hydrogens is 320 g/mol. The Morgan fingerprint density at radius 3 is 2.42 bits per heavy atom. The van der Waals surface area contributed by atoms with E-state index in [9.17, 15) is 5.26 Å². The lowest BCUT2D eigenvalue weighted by Gasteiger charge is -2.25. The smallest absolute Gasteiger partial charge is 0.0975 e. The number of allylic oxidation sites excluding steroid dienone is 2. The van der Waals surface area contributed by atoms with Crippen LogP contribution in [-0.2, 0) is 13.0 Å². The van der Waals surface area contributed by atoms with Gasteiger partial charge < -0.3 is 5.73 Å². The average Bonchev–Trinajstić information content (AvgIpc) is 2.97. The van der Waals surface area contributed by atoms with Crippen LogP contribution in [0.2, 0.25) is 0 Å². The minimum atomic E-state index is -0.144. The fraction of sp³-hybridized carbons (Fsp3) is 0.182. The maximum Gasteiger partial charge on any atom is 0.0975 e. The molecule has 0 spiro atoms. The highest BCUT2D eigenvalue weighted by Crippen LogP contribution is 2.40. The summed E-state index contributed by atoms with van der Waals surface area (Å²) in [5, 5.41) is 14.5. The van der Waals surface area contributed by atoms with Crippen LogP contribution in [0, 0.1) is 18.3 Å². The Bertz CT molecular complexity index is 1010. The maximum atomic E-state index is 9.74. The number of nitrogens with zero attached hydrogens (tertiary/aromatic N) is 3. The van der Waals surface area contributed by atoms with Gasteiger partial charge in [-0.05, 0) is 18.1 Å². The summed E-state index contributed by atoms with van der Waals surface area (Å²) in [5.74, 6) is -0.144. The second-order valence-corrected chi connectivity index (χ2v) is 6.66. The molecule has 4 nitrogen and oxygen atoms in total. The van der Waals surface area contributed by atoms with Crippen molar-refractivity contribution in [3.05, 3.63) is 100 Å². The van der Waals surface area contributed by atoms with Gasteiger partial charge in [0.15, 0.2) is 0 Å². The standard InChI is InChI=1S/C22H20N4/c1-15-21-20(26(25-15)14-16-8-4-2-5-9-16)12-19(24)18(13-23)22(21)17-10-6-3-7-11-17/h2-11,22H,12,14,24H2,1H3. The molecule has 26 heavy (non-hydrogen) atoms. The number of aromatic nitrogens is 2. The third-order valence-corrected chi connectivity index (χ3v) is 4.99. The second kappa shape index (κ2) is 6.53. The topological polar surface area (TPSA) is 67.6 Å². The number of hydrogen-bond donors (Lipinski definition) is 1. The number of nitrogens with two attached hydrogens (primary N) is 1. The van der Waals surface area contributed by atoms with Gasteiger partial charge in [0.1, 0.15) is 0 Å². The highest BCUT2D eigenvalue weighted by atomic mass is 15.3. The summed E-state index contributed by atoms with van der Waals surface area (Å²) in [6.07, 6.45) is 0.565. The fourth-order valence-corrected chi connectivity index (χ4v) is 3.81. The number of benzene rings is 2. The largest absolute Gasteiger partial charge is 0.401 e. The number of nitriles is 1. The molecule has 3 aromatic rings. The van der Waals surface area contributed by atoms with Gasteiger partial charge >= 0.3 is 0 Å². The van der Waals surface area contributed by atoms with E-state index in [1.165, 1.54) is 5.56 Å². The molecule has 4 rings (SSSR count). The Balaban J connectivity index is 1.85. The predicted octanol–water partition coefficient (Wildman–Crippen LogP) is 3.66. The molecule has 128 valence electrons. The van der Waals surface area contributed by atoms with Crippen LogP contribution in [0.25, 0.3) is 0 Å². The highest BCUT2D eigenvalue weighted by molar-refractivity contribution is 5.55. The van der Waals surface area contributed by atoms with E-state index in [-0.39, 0.29) is 5.92 Å². The lowest BCUT2D eigenvalue weighted by molar-refractivity contribution is 0.640. The van der Waals surface area contributed by atoms with Gasteiger partial charge in [-0.15, -0.1) is 0 Å². The van der Waals surface area contributed by atoms with Crippen LogP contribution in [-0.4, -0.2) is 9.78 Å². The van der Waals surface area contributed by atoms with Crippen LogP contribution in [0.4, 0.5) is 0 Å². The van der Waals surface area contributed by atoms with Crippen molar-refractivity contribution in [2.45, 2.75) is 25.8 Å². The Kier molecular flexibility index (Phi) is 4.06. The van der Waals surface area contributed by atoms with E-state index in [1.54, 1.807) is 0 Å². The van der Waals surface area contributed by atoms with Gasteiger partial charge in [0.25, 0.3) is 0 Å². The van der Waals surface area contributed by atoms with E-state index < -0.39 is 0 Å². The van der Waals surface area contributed by atoms with Crippen molar-refractivity contribution in [3.63, 3.8) is 0 Å². The minimum Gasteiger partial charge on any atom is -0.401 e. The summed E-state index contributed by atoms with van der Waals surface area (Å²) < 4.78 is 2.04. The first-order valence-electron chi connectivity index (χ1n) is 8.72. The molecule has 1 atom stereocenters. The Morgan fingerprint density at radius 2 is 1.77 bits per heavy atom. The molecule has 0 amide bonds. The highest BCUT2D eigenvalue weighted by Gasteiger charge is 2.33. The zero-order chi connectivity index (χ0) is 18.1. The van der Waals surface area contributed by atoms with Gasteiger partial charge in [-0.2, -0.15) is 10.4 Å². The molecule has 0 saturated carbocycles. The number of rotatable bonds is 3. The van der Waals surface area contributed by atoms with Crippen molar-refractivity contribution in [2.24, 2.45) is 5.73 Å². The zero-order valence-corrected chi connectivity index (χ0v) is 14.7. The van der Waals surface area contributed by atoms with Crippen molar-refractivity contribution in [2.75, 3.05) is 0 Å². The van der Waals surface area contributed by atoms with E-state index >= 15 is 0 Å². The SMILES string of the molecule is Cc1nn(Cc2ccccc2)c2c1C(c1ccccc1)C(C#N)=C(N)C2. The molecule has 1 aromatic heterocycles. The maximum absolute atomic E-state index is 9.74. The molecule has 0 fully saturated rings. The minimum absolute atomic E-state index is 0.144. The van der Waals surface area contributed by atoms with Crippen LogP contribution in [0.5, 0.6) is 0 Å². The third kappa shape index (κ3) is 2.68. The molecular formula is C22H20N4. The Labute approximate surface area is 153 Å². The van der Waals surface area contributed by atoms with Crippen LogP contribution >= 0.6 is 0 Å². The number of hydrogen-bond acceptors (Lipinski definition) is 3. The monoisotopic (exact) mass is 340 g/mol. The summed E-state index contributed by atoms with van der Waals surface area (Å²) in [4.78, 5) is 0. The molecule has 1 aliphatic carbocycles. The van der Waals surface area contributed by atoms with Gasteiger partial charge in [0.05, 0.1) is 23.9 Å². The lowest BCUT2D eigenvalue weighted by Crippen LogP contribution is -2.21. The first kappa shape index (κ1) is 16.2. The van der Waals surface area contributed by atoms with Crippen LogP contribution in [0.3, 0.4) is 0 Å². The average molecular weight is 340 g/mol. The summed E-state index contributed by atoms with van der Waals surface area (Å²) in [6, 6.07) is 22.7. The van der Waals surface area contributed by atoms with Crippen molar-refractivity contribution in [1.82, 2.24) is 9.78 Å². The summed E-state index contributed by atoms with van der Waals surface area (Å²) in [7, 11) is 0. The Hall–Kier alpha value is -3.32. The summed E-state index contributed by atoms with van der Waals surface area (Å²) in [6.45, 7) is 2.72. The van der Waals surface area contributed by atoms with Gasteiger partial charge in [-0.1, -0.05) is 60.7 Å². The number of fused-ring (bicyclic) bond motifs is 1. The molecule has 1 aliphatic rings. The lowest BCUT2D eigenvalue weighted by atomic mass is 9.78. The van der Waals surface area contributed by atoms with Crippen LogP contribution in [0.15, 0.2) is 71.9 Å². The van der Waals surface area contributed by atoms with Crippen molar-refractivity contribution in [1.29, 1.82) is 5.26 Å². The molecule has 0 aliphatic heterocycles. The molecule has 0 radical (unpaired) electrons. The van der Waals surface area contributed by atoms with E-state index in [1.807, 2.05) is 48.0 Å². The normalized spacial score (nSPS) is 16.2. The van der Waals surface area contributed by atoms with Gasteiger partial charge in [0, 0.05) is 29.3 Å². The first-order valence-corrected chi connectivity index (χ1v) is 8.72. The summed E-state index contributed by atoms with van der Waals surface area (Å²) in [5.41, 5.74) is 13.1.